The molecule has 1 aromatic rings. The zero-order valence-electron chi connectivity index (χ0n) is 14.9. The normalized spacial score (nSPS) is 18.7. The fourth-order valence-electron chi connectivity index (χ4n) is 3.30. The third-order valence-electron chi connectivity index (χ3n) is 4.89. The molecule has 2 aliphatic heterocycles. The number of hydrogen-bond acceptors (Lipinski definition) is 5. The monoisotopic (exact) mass is 347 g/mol. The number of piperidine rings is 1. The van der Waals surface area contributed by atoms with Crippen molar-refractivity contribution in [1.29, 1.82) is 0 Å². The van der Waals surface area contributed by atoms with E-state index in [2.05, 4.69) is 10.2 Å². The van der Waals surface area contributed by atoms with Crippen LogP contribution in [0.2, 0.25) is 0 Å². The van der Waals surface area contributed by atoms with Gasteiger partial charge in [0, 0.05) is 31.8 Å². The average Bonchev–Trinajstić information content (AvgIpc) is 3.08. The molecule has 7 heteroatoms. The number of fused-ring (bicyclic) bond motifs is 1. The molecular weight excluding hydrogens is 322 g/mol. The minimum atomic E-state index is -0.145. The Kier molecular flexibility index (Phi) is 5.13. The number of amides is 2. The van der Waals surface area contributed by atoms with Crippen molar-refractivity contribution in [2.45, 2.75) is 25.8 Å². The van der Waals surface area contributed by atoms with Gasteiger partial charge in [-0.1, -0.05) is 0 Å². The molecule has 0 radical (unpaired) electrons. The van der Waals surface area contributed by atoms with Crippen LogP contribution in [0.5, 0.6) is 11.5 Å². The molecule has 1 fully saturated rings. The lowest BCUT2D eigenvalue weighted by Crippen LogP contribution is -2.49. The van der Waals surface area contributed by atoms with Crippen LogP contribution in [-0.4, -0.2) is 61.6 Å². The molecule has 0 unspecified atom stereocenters. The zero-order chi connectivity index (χ0) is 18.0. The minimum absolute atomic E-state index is 0.0186. The van der Waals surface area contributed by atoms with E-state index < -0.39 is 0 Å². The number of carbonyl (C=O) groups is 2. The highest BCUT2D eigenvalue weighted by atomic mass is 16.7. The molecule has 1 N–H and O–H groups in total. The van der Waals surface area contributed by atoms with Gasteiger partial charge in [-0.25, -0.2) is 0 Å². The van der Waals surface area contributed by atoms with E-state index in [1.165, 1.54) is 0 Å². The van der Waals surface area contributed by atoms with Gasteiger partial charge in [0.25, 0.3) is 0 Å². The van der Waals surface area contributed by atoms with Gasteiger partial charge in [-0.2, -0.15) is 0 Å². The Morgan fingerprint density at radius 1 is 1.20 bits per heavy atom. The van der Waals surface area contributed by atoms with Crippen molar-refractivity contribution in [3.8, 4) is 11.5 Å². The predicted octanol–water partition coefficient (Wildman–Crippen LogP) is 1.54. The number of likely N-dealkylation sites (tertiary alicyclic amines) is 1. The van der Waals surface area contributed by atoms with E-state index in [0.29, 0.717) is 17.2 Å². The van der Waals surface area contributed by atoms with E-state index in [9.17, 15) is 9.59 Å². The molecule has 25 heavy (non-hydrogen) atoms. The van der Waals surface area contributed by atoms with Crippen molar-refractivity contribution in [2.24, 2.45) is 5.92 Å². The van der Waals surface area contributed by atoms with Crippen LogP contribution in [0, 0.1) is 5.92 Å². The third-order valence-corrected chi connectivity index (χ3v) is 4.89. The summed E-state index contributed by atoms with van der Waals surface area (Å²) in [4.78, 5) is 28.3. The van der Waals surface area contributed by atoms with Crippen molar-refractivity contribution < 1.29 is 19.1 Å². The van der Waals surface area contributed by atoms with Crippen LogP contribution in [0.4, 0.5) is 5.69 Å². The molecule has 2 amide bonds. The SMILES string of the molecule is C[C@@H](C(=O)N(C)C)N1CCC(C(=O)Nc2ccc3c(c2)OCO3)CC1. The van der Waals surface area contributed by atoms with Crippen LogP contribution in [0.15, 0.2) is 18.2 Å². The van der Waals surface area contributed by atoms with Gasteiger partial charge in [-0.15, -0.1) is 0 Å². The second kappa shape index (κ2) is 7.31. The molecule has 0 bridgehead atoms. The Bertz CT molecular complexity index is 654. The second-order valence-corrected chi connectivity index (χ2v) is 6.78. The summed E-state index contributed by atoms with van der Waals surface area (Å²) >= 11 is 0. The maximum absolute atomic E-state index is 12.5. The van der Waals surface area contributed by atoms with Gasteiger partial charge < -0.3 is 19.7 Å². The quantitative estimate of drug-likeness (QED) is 0.895. The molecule has 1 aromatic carbocycles. The highest BCUT2D eigenvalue weighted by Crippen LogP contribution is 2.34. The fourth-order valence-corrected chi connectivity index (χ4v) is 3.30. The van der Waals surface area contributed by atoms with E-state index in [1.54, 1.807) is 31.1 Å². The lowest BCUT2D eigenvalue weighted by molar-refractivity contribution is -0.134. The highest BCUT2D eigenvalue weighted by Gasteiger charge is 2.30. The molecule has 1 atom stereocenters. The van der Waals surface area contributed by atoms with E-state index in [1.807, 2.05) is 13.0 Å². The number of benzene rings is 1. The van der Waals surface area contributed by atoms with Crippen LogP contribution in [0.3, 0.4) is 0 Å². The third kappa shape index (κ3) is 3.87. The summed E-state index contributed by atoms with van der Waals surface area (Å²) in [6, 6.07) is 5.26. The molecule has 136 valence electrons. The van der Waals surface area contributed by atoms with E-state index in [4.69, 9.17) is 9.47 Å². The van der Waals surface area contributed by atoms with E-state index in [-0.39, 0.29) is 30.6 Å². The van der Waals surface area contributed by atoms with Gasteiger partial charge in [0.2, 0.25) is 18.6 Å². The Morgan fingerprint density at radius 2 is 1.88 bits per heavy atom. The molecule has 1 saturated heterocycles. The Hall–Kier alpha value is -2.28. The maximum Gasteiger partial charge on any atom is 0.239 e. The largest absolute Gasteiger partial charge is 0.454 e. The first-order valence-electron chi connectivity index (χ1n) is 8.61. The first-order valence-corrected chi connectivity index (χ1v) is 8.61. The van der Waals surface area contributed by atoms with Gasteiger partial charge in [0.1, 0.15) is 0 Å². The average molecular weight is 347 g/mol. The van der Waals surface area contributed by atoms with Gasteiger partial charge >= 0.3 is 0 Å². The number of anilines is 1. The number of carbonyl (C=O) groups excluding carboxylic acids is 2. The molecule has 0 saturated carbocycles. The lowest BCUT2D eigenvalue weighted by Gasteiger charge is -2.35. The smallest absolute Gasteiger partial charge is 0.239 e. The molecule has 2 heterocycles. The summed E-state index contributed by atoms with van der Waals surface area (Å²) in [6.45, 7) is 3.64. The maximum atomic E-state index is 12.5. The summed E-state index contributed by atoms with van der Waals surface area (Å²) in [5.41, 5.74) is 0.716. The minimum Gasteiger partial charge on any atom is -0.454 e. The molecule has 7 nitrogen and oxygen atoms in total. The van der Waals surface area contributed by atoms with Crippen molar-refractivity contribution in [1.82, 2.24) is 9.80 Å². The van der Waals surface area contributed by atoms with Crippen LogP contribution in [0.25, 0.3) is 0 Å². The van der Waals surface area contributed by atoms with Crippen LogP contribution in [-0.2, 0) is 9.59 Å². The lowest BCUT2D eigenvalue weighted by atomic mass is 9.94. The standard InChI is InChI=1S/C18H25N3O4/c1-12(18(23)20(2)3)21-8-6-13(7-9-21)17(22)19-14-4-5-15-16(10-14)25-11-24-15/h4-5,10,12-13H,6-9,11H2,1-3H3,(H,19,22)/t12-/m0/s1. The topological polar surface area (TPSA) is 71.1 Å². The van der Waals surface area contributed by atoms with Crippen molar-refractivity contribution in [3.63, 3.8) is 0 Å². The van der Waals surface area contributed by atoms with Crippen molar-refractivity contribution >= 4 is 17.5 Å². The van der Waals surface area contributed by atoms with E-state index in [0.717, 1.165) is 25.9 Å². The predicted molar refractivity (Wildman–Crippen MR) is 93.6 cm³/mol. The van der Waals surface area contributed by atoms with Gasteiger partial charge in [-0.05, 0) is 45.0 Å². The first-order chi connectivity index (χ1) is 12.0. The number of nitrogens with one attached hydrogen (secondary N) is 1. The summed E-state index contributed by atoms with van der Waals surface area (Å²) < 4.78 is 10.6. The first kappa shape index (κ1) is 17.5. The second-order valence-electron chi connectivity index (χ2n) is 6.78. The number of hydrogen-bond donors (Lipinski definition) is 1. The highest BCUT2D eigenvalue weighted by molar-refractivity contribution is 5.93. The number of rotatable bonds is 4. The fraction of sp³-hybridized carbons (Fsp3) is 0.556. The summed E-state index contributed by atoms with van der Waals surface area (Å²) in [6.07, 6.45) is 1.50. The van der Waals surface area contributed by atoms with Crippen molar-refractivity contribution in [3.05, 3.63) is 18.2 Å². The molecule has 0 aliphatic carbocycles. The number of ether oxygens (including phenoxy) is 2. The summed E-state index contributed by atoms with van der Waals surface area (Å²) in [5, 5.41) is 2.96. The van der Waals surface area contributed by atoms with Crippen molar-refractivity contribution in [2.75, 3.05) is 39.3 Å². The Morgan fingerprint density at radius 3 is 2.56 bits per heavy atom. The summed E-state index contributed by atoms with van der Waals surface area (Å²) in [7, 11) is 3.54. The van der Waals surface area contributed by atoms with Crippen LogP contribution >= 0.6 is 0 Å². The Labute approximate surface area is 147 Å². The van der Waals surface area contributed by atoms with Crippen LogP contribution in [0.1, 0.15) is 19.8 Å². The molecule has 3 rings (SSSR count). The van der Waals surface area contributed by atoms with Gasteiger partial charge in [-0.3, -0.25) is 14.5 Å². The number of nitrogens with zero attached hydrogens (tertiary/aromatic N) is 2. The molecule has 2 aliphatic rings. The zero-order valence-corrected chi connectivity index (χ0v) is 14.9. The van der Waals surface area contributed by atoms with Gasteiger partial charge in [0.15, 0.2) is 11.5 Å². The molecule has 0 aromatic heterocycles. The van der Waals surface area contributed by atoms with E-state index >= 15 is 0 Å². The summed E-state index contributed by atoms with van der Waals surface area (Å²) in [5.74, 6) is 1.44. The molecular formula is C18H25N3O4. The molecule has 0 spiro atoms. The number of likely N-dealkylation sites (N-methyl/N-ethyl adjacent to an activating group) is 1. The van der Waals surface area contributed by atoms with Crippen LogP contribution < -0.4 is 14.8 Å². The Balaban J connectivity index is 1.52. The van der Waals surface area contributed by atoms with Gasteiger partial charge in [0.05, 0.1) is 6.04 Å².